The lowest BCUT2D eigenvalue weighted by molar-refractivity contribution is -0.149. The molecule has 0 saturated carbocycles. The first-order chi connectivity index (χ1) is 13.8. The van der Waals surface area contributed by atoms with Gasteiger partial charge in [-0.2, -0.15) is 0 Å². The Balaban J connectivity index is 1.87. The summed E-state index contributed by atoms with van der Waals surface area (Å²) in [6, 6.07) is 6.82. The van der Waals surface area contributed by atoms with Crippen molar-refractivity contribution in [2.75, 3.05) is 46.7 Å². The minimum absolute atomic E-state index is 0.0660. The first-order valence-corrected chi connectivity index (χ1v) is 10.3. The summed E-state index contributed by atoms with van der Waals surface area (Å²) in [6.07, 6.45) is 1.07. The van der Waals surface area contributed by atoms with Gasteiger partial charge in [0, 0.05) is 32.1 Å². The molecule has 0 unspecified atom stereocenters. The largest absolute Gasteiger partial charge is 0.469 e. The molecular formula is C20H26N2O6S. The normalized spacial score (nSPS) is 14.2. The summed E-state index contributed by atoms with van der Waals surface area (Å²) in [5.41, 5.74) is 0.321. The molecule has 0 radical (unpaired) electrons. The maximum absolute atomic E-state index is 12.4. The van der Waals surface area contributed by atoms with E-state index in [4.69, 9.17) is 9.47 Å². The third kappa shape index (κ3) is 6.49. The molecule has 0 aliphatic carbocycles. The lowest BCUT2D eigenvalue weighted by Gasteiger charge is -2.30. The SMILES string of the molecule is COC(=O)C1CCN(C(=O)COC(=O)c2ccccc2SCC(=O)N(C)C)CC1. The number of hydrogen-bond donors (Lipinski definition) is 0. The highest BCUT2D eigenvalue weighted by atomic mass is 32.2. The van der Waals surface area contributed by atoms with Gasteiger partial charge in [-0.1, -0.05) is 12.1 Å². The highest BCUT2D eigenvalue weighted by molar-refractivity contribution is 8.00. The number of benzene rings is 1. The van der Waals surface area contributed by atoms with E-state index in [9.17, 15) is 19.2 Å². The van der Waals surface area contributed by atoms with Crippen LogP contribution in [-0.4, -0.2) is 80.2 Å². The Labute approximate surface area is 174 Å². The van der Waals surface area contributed by atoms with Gasteiger partial charge in [0.05, 0.1) is 24.3 Å². The molecule has 158 valence electrons. The first-order valence-electron chi connectivity index (χ1n) is 9.28. The Morgan fingerprint density at radius 2 is 1.79 bits per heavy atom. The molecular weight excluding hydrogens is 396 g/mol. The fourth-order valence-corrected chi connectivity index (χ4v) is 3.88. The molecule has 1 fully saturated rings. The average Bonchev–Trinajstić information content (AvgIpc) is 2.75. The van der Waals surface area contributed by atoms with Crippen LogP contribution in [0.15, 0.2) is 29.2 Å². The zero-order chi connectivity index (χ0) is 21.4. The van der Waals surface area contributed by atoms with Gasteiger partial charge in [0.1, 0.15) is 0 Å². The van der Waals surface area contributed by atoms with Crippen LogP contribution in [0, 0.1) is 5.92 Å². The van der Waals surface area contributed by atoms with Crippen LogP contribution in [0.25, 0.3) is 0 Å². The van der Waals surface area contributed by atoms with E-state index >= 15 is 0 Å². The number of hydrogen-bond acceptors (Lipinski definition) is 7. The van der Waals surface area contributed by atoms with Gasteiger partial charge in [-0.3, -0.25) is 14.4 Å². The number of methoxy groups -OCH3 is 1. The van der Waals surface area contributed by atoms with Crippen molar-refractivity contribution in [3.8, 4) is 0 Å². The van der Waals surface area contributed by atoms with E-state index in [0.29, 0.717) is 36.4 Å². The second kappa shape index (κ2) is 10.8. The summed E-state index contributed by atoms with van der Waals surface area (Å²) in [6.45, 7) is 0.488. The quantitative estimate of drug-likeness (QED) is 0.485. The Kier molecular flexibility index (Phi) is 8.50. The van der Waals surface area contributed by atoms with Crippen molar-refractivity contribution < 1.29 is 28.7 Å². The van der Waals surface area contributed by atoms with E-state index in [-0.39, 0.29) is 36.1 Å². The molecule has 2 rings (SSSR count). The molecule has 1 aromatic rings. The zero-order valence-corrected chi connectivity index (χ0v) is 17.7. The number of rotatable bonds is 7. The van der Waals surface area contributed by atoms with Crippen LogP contribution >= 0.6 is 11.8 Å². The first kappa shape index (κ1) is 22.7. The number of thioether (sulfide) groups is 1. The monoisotopic (exact) mass is 422 g/mol. The summed E-state index contributed by atoms with van der Waals surface area (Å²) < 4.78 is 9.94. The standard InChI is InChI=1S/C20H26N2O6S/c1-21(2)18(24)13-29-16-7-5-4-6-15(16)20(26)28-12-17(23)22-10-8-14(9-11-22)19(25)27-3/h4-7,14H,8-13H2,1-3H3. The molecule has 9 heteroatoms. The van der Waals surface area contributed by atoms with Gasteiger partial charge in [0.2, 0.25) is 5.91 Å². The lowest BCUT2D eigenvalue weighted by atomic mass is 9.97. The van der Waals surface area contributed by atoms with Gasteiger partial charge in [0.25, 0.3) is 5.91 Å². The summed E-state index contributed by atoms with van der Waals surface area (Å²) in [5, 5.41) is 0. The van der Waals surface area contributed by atoms with Crippen LogP contribution in [-0.2, 0) is 23.9 Å². The molecule has 1 aliphatic heterocycles. The number of likely N-dealkylation sites (tertiary alicyclic amines) is 1. The molecule has 2 amide bonds. The van der Waals surface area contributed by atoms with Crippen molar-refractivity contribution in [2.24, 2.45) is 5.92 Å². The molecule has 29 heavy (non-hydrogen) atoms. The fourth-order valence-electron chi connectivity index (χ4n) is 2.86. The molecule has 0 aromatic heterocycles. The van der Waals surface area contributed by atoms with Crippen molar-refractivity contribution >= 4 is 35.5 Å². The van der Waals surface area contributed by atoms with E-state index in [1.54, 1.807) is 43.3 Å². The Morgan fingerprint density at radius 1 is 1.14 bits per heavy atom. The second-order valence-electron chi connectivity index (χ2n) is 6.83. The molecule has 0 spiro atoms. The molecule has 0 N–H and O–H groups in total. The van der Waals surface area contributed by atoms with Crippen LogP contribution in [0.5, 0.6) is 0 Å². The van der Waals surface area contributed by atoms with Crippen molar-refractivity contribution in [2.45, 2.75) is 17.7 Å². The summed E-state index contributed by atoms with van der Waals surface area (Å²) in [7, 11) is 4.69. The van der Waals surface area contributed by atoms with E-state index in [1.165, 1.54) is 23.8 Å². The number of carbonyl (C=O) groups excluding carboxylic acids is 4. The van der Waals surface area contributed by atoms with Gasteiger partial charge in [-0.25, -0.2) is 4.79 Å². The van der Waals surface area contributed by atoms with Crippen LogP contribution in [0.1, 0.15) is 23.2 Å². The zero-order valence-electron chi connectivity index (χ0n) is 16.9. The maximum atomic E-state index is 12.4. The number of piperidine rings is 1. The average molecular weight is 423 g/mol. The van der Waals surface area contributed by atoms with Crippen LogP contribution in [0.4, 0.5) is 0 Å². The van der Waals surface area contributed by atoms with Gasteiger partial charge >= 0.3 is 11.9 Å². The minimum Gasteiger partial charge on any atom is -0.469 e. The predicted octanol–water partition coefficient (Wildman–Crippen LogP) is 1.44. The van der Waals surface area contributed by atoms with Gasteiger partial charge < -0.3 is 19.3 Å². The van der Waals surface area contributed by atoms with E-state index in [0.717, 1.165) is 0 Å². The van der Waals surface area contributed by atoms with E-state index < -0.39 is 5.97 Å². The lowest BCUT2D eigenvalue weighted by Crippen LogP contribution is -2.42. The van der Waals surface area contributed by atoms with Crippen LogP contribution in [0.2, 0.25) is 0 Å². The predicted molar refractivity (Wildman–Crippen MR) is 107 cm³/mol. The van der Waals surface area contributed by atoms with Crippen molar-refractivity contribution in [3.05, 3.63) is 29.8 Å². The topological polar surface area (TPSA) is 93.2 Å². The highest BCUT2D eigenvalue weighted by Crippen LogP contribution is 2.24. The highest BCUT2D eigenvalue weighted by Gasteiger charge is 2.28. The number of carbonyl (C=O) groups is 4. The molecule has 8 nitrogen and oxygen atoms in total. The van der Waals surface area contributed by atoms with Crippen molar-refractivity contribution in [1.82, 2.24) is 9.80 Å². The summed E-state index contributed by atoms with van der Waals surface area (Å²) in [4.78, 5) is 51.8. The summed E-state index contributed by atoms with van der Waals surface area (Å²) in [5.74, 6) is -1.22. The number of ether oxygens (including phenoxy) is 2. The number of esters is 2. The molecule has 1 aliphatic rings. The van der Waals surface area contributed by atoms with Gasteiger partial charge in [0.15, 0.2) is 6.61 Å². The molecule has 1 heterocycles. The molecule has 0 bridgehead atoms. The van der Waals surface area contributed by atoms with Gasteiger partial charge in [-0.05, 0) is 25.0 Å². The third-order valence-electron chi connectivity index (χ3n) is 4.67. The van der Waals surface area contributed by atoms with Crippen molar-refractivity contribution in [3.63, 3.8) is 0 Å². The Bertz CT molecular complexity index is 759. The number of amides is 2. The van der Waals surface area contributed by atoms with Crippen LogP contribution < -0.4 is 0 Å². The Hall–Kier alpha value is -2.55. The van der Waals surface area contributed by atoms with Gasteiger partial charge in [-0.15, -0.1) is 11.8 Å². The second-order valence-corrected chi connectivity index (χ2v) is 7.84. The maximum Gasteiger partial charge on any atom is 0.339 e. The molecule has 0 atom stereocenters. The summed E-state index contributed by atoms with van der Waals surface area (Å²) >= 11 is 1.25. The minimum atomic E-state index is -0.608. The molecule has 1 saturated heterocycles. The molecule has 1 aromatic carbocycles. The fraction of sp³-hybridized carbons (Fsp3) is 0.500. The smallest absolute Gasteiger partial charge is 0.339 e. The number of nitrogens with zero attached hydrogens (tertiary/aromatic N) is 2. The van der Waals surface area contributed by atoms with Crippen molar-refractivity contribution in [1.29, 1.82) is 0 Å². The Morgan fingerprint density at radius 3 is 2.41 bits per heavy atom. The van der Waals surface area contributed by atoms with E-state index in [1.807, 2.05) is 0 Å². The third-order valence-corrected chi connectivity index (χ3v) is 5.72. The van der Waals surface area contributed by atoms with Crippen LogP contribution in [0.3, 0.4) is 0 Å². The van der Waals surface area contributed by atoms with E-state index in [2.05, 4.69) is 0 Å².